The minimum atomic E-state index is 0.633. The van der Waals surface area contributed by atoms with Gasteiger partial charge >= 0.3 is 0 Å². The van der Waals surface area contributed by atoms with Crippen LogP contribution >= 0.6 is 0 Å². The zero-order valence-corrected chi connectivity index (χ0v) is 12.6. The van der Waals surface area contributed by atoms with Crippen molar-refractivity contribution in [1.82, 2.24) is 0 Å². The van der Waals surface area contributed by atoms with E-state index in [0.29, 0.717) is 12.5 Å². The summed E-state index contributed by atoms with van der Waals surface area (Å²) in [5.74, 6) is 1.62. The fourth-order valence-electron chi connectivity index (χ4n) is 2.98. The average Bonchev–Trinajstić information content (AvgIpc) is 2.53. The summed E-state index contributed by atoms with van der Waals surface area (Å²) in [6.07, 6.45) is 3.48. The Hall–Kier alpha value is -2.02. The van der Waals surface area contributed by atoms with Crippen LogP contribution in [0.4, 0.5) is 0 Å². The molecule has 2 aromatic carbocycles. The molecule has 1 nitrogen and oxygen atoms in total. The number of ether oxygens (including phenoxy) is 1. The van der Waals surface area contributed by atoms with Crippen LogP contribution in [0.25, 0.3) is 0 Å². The van der Waals surface area contributed by atoms with Gasteiger partial charge in [0.05, 0.1) is 0 Å². The maximum Gasteiger partial charge on any atom is 0.120 e. The molecule has 2 aromatic rings. The molecule has 1 aliphatic rings. The van der Waals surface area contributed by atoms with E-state index in [4.69, 9.17) is 4.74 Å². The number of benzene rings is 2. The Labute approximate surface area is 127 Å². The fourth-order valence-corrected chi connectivity index (χ4v) is 2.98. The number of rotatable bonds is 4. The fraction of sp³-hybridized carbons (Fsp3) is 0.300. The summed E-state index contributed by atoms with van der Waals surface area (Å²) in [6.45, 7) is 6.89. The summed E-state index contributed by atoms with van der Waals surface area (Å²) < 4.78 is 5.91. The lowest BCUT2D eigenvalue weighted by Gasteiger charge is -2.25. The maximum atomic E-state index is 5.91. The first kappa shape index (κ1) is 13.9. The minimum Gasteiger partial charge on any atom is -0.489 e. The first-order valence-electron chi connectivity index (χ1n) is 7.66. The molecule has 0 unspecified atom stereocenters. The third-order valence-electron chi connectivity index (χ3n) is 4.35. The summed E-state index contributed by atoms with van der Waals surface area (Å²) >= 11 is 0. The van der Waals surface area contributed by atoms with Crippen molar-refractivity contribution in [2.45, 2.75) is 32.8 Å². The highest BCUT2D eigenvalue weighted by Gasteiger charge is 2.19. The number of allylic oxidation sites excluding steroid dienone is 1. The van der Waals surface area contributed by atoms with Gasteiger partial charge in [-0.1, -0.05) is 48.6 Å². The summed E-state index contributed by atoms with van der Waals surface area (Å²) in [5.41, 5.74) is 5.42. The largest absolute Gasteiger partial charge is 0.489 e. The smallest absolute Gasteiger partial charge is 0.120 e. The molecule has 1 atom stereocenters. The number of hydrogen-bond donors (Lipinski definition) is 0. The minimum absolute atomic E-state index is 0.633. The molecular weight excluding hydrogens is 256 g/mol. The van der Waals surface area contributed by atoms with Gasteiger partial charge in [-0.3, -0.25) is 0 Å². The van der Waals surface area contributed by atoms with Gasteiger partial charge in [0.15, 0.2) is 0 Å². The zero-order chi connectivity index (χ0) is 14.7. The second kappa shape index (κ2) is 6.17. The van der Waals surface area contributed by atoms with Gasteiger partial charge in [0.2, 0.25) is 0 Å². The standard InChI is InChI=1S/C20H22O/c1-15(2)17-8-9-19-13-20(11-10-18(19)12-17)21-14-16-6-4-3-5-7-16/h3-7,10-11,13,17H,1,8-9,12,14H2,2H3/t17-/m0/s1. The lowest BCUT2D eigenvalue weighted by molar-refractivity contribution is 0.305. The molecule has 1 aliphatic carbocycles. The van der Waals surface area contributed by atoms with E-state index >= 15 is 0 Å². The lowest BCUT2D eigenvalue weighted by Crippen LogP contribution is -2.14. The van der Waals surface area contributed by atoms with Crippen LogP contribution < -0.4 is 4.74 Å². The van der Waals surface area contributed by atoms with Crippen molar-refractivity contribution < 1.29 is 4.74 Å². The summed E-state index contributed by atoms with van der Waals surface area (Å²) in [6, 6.07) is 16.8. The van der Waals surface area contributed by atoms with Gasteiger partial charge in [-0.15, -0.1) is 0 Å². The normalized spacial score (nSPS) is 17.1. The van der Waals surface area contributed by atoms with Crippen molar-refractivity contribution in [3.63, 3.8) is 0 Å². The molecule has 21 heavy (non-hydrogen) atoms. The monoisotopic (exact) mass is 278 g/mol. The Morgan fingerprint density at radius 3 is 2.71 bits per heavy atom. The van der Waals surface area contributed by atoms with Crippen LogP contribution in [0.5, 0.6) is 5.75 Å². The van der Waals surface area contributed by atoms with E-state index in [1.54, 1.807) is 0 Å². The molecule has 0 aliphatic heterocycles. The number of aryl methyl sites for hydroxylation is 1. The van der Waals surface area contributed by atoms with Gasteiger partial charge in [-0.25, -0.2) is 0 Å². The highest BCUT2D eigenvalue weighted by Crippen LogP contribution is 2.31. The van der Waals surface area contributed by atoms with Gasteiger partial charge in [-0.2, -0.15) is 0 Å². The van der Waals surface area contributed by atoms with Crippen LogP contribution in [0.15, 0.2) is 60.7 Å². The lowest BCUT2D eigenvalue weighted by atomic mass is 9.81. The number of hydrogen-bond acceptors (Lipinski definition) is 1. The van der Waals surface area contributed by atoms with Crippen LogP contribution in [0.1, 0.15) is 30.0 Å². The zero-order valence-electron chi connectivity index (χ0n) is 12.6. The van der Waals surface area contributed by atoms with E-state index in [-0.39, 0.29) is 0 Å². The third-order valence-corrected chi connectivity index (χ3v) is 4.35. The molecular formula is C20H22O. The maximum absolute atomic E-state index is 5.91. The topological polar surface area (TPSA) is 9.23 Å². The molecule has 3 rings (SSSR count). The average molecular weight is 278 g/mol. The van der Waals surface area contributed by atoms with Gasteiger partial charge in [0.1, 0.15) is 12.4 Å². The highest BCUT2D eigenvalue weighted by atomic mass is 16.5. The van der Waals surface area contributed by atoms with Gasteiger partial charge in [0.25, 0.3) is 0 Å². The van der Waals surface area contributed by atoms with Crippen molar-refractivity contribution in [3.05, 3.63) is 77.4 Å². The van der Waals surface area contributed by atoms with Crippen molar-refractivity contribution in [1.29, 1.82) is 0 Å². The third kappa shape index (κ3) is 3.36. The predicted molar refractivity (Wildman–Crippen MR) is 87.5 cm³/mol. The van der Waals surface area contributed by atoms with E-state index in [1.807, 2.05) is 18.2 Å². The first-order valence-corrected chi connectivity index (χ1v) is 7.66. The molecule has 0 saturated heterocycles. The Bertz CT molecular complexity index is 628. The van der Waals surface area contributed by atoms with Crippen molar-refractivity contribution in [2.75, 3.05) is 0 Å². The highest BCUT2D eigenvalue weighted by molar-refractivity contribution is 5.38. The van der Waals surface area contributed by atoms with E-state index in [0.717, 1.165) is 18.6 Å². The van der Waals surface area contributed by atoms with E-state index in [2.05, 4.69) is 43.8 Å². The van der Waals surface area contributed by atoms with Gasteiger partial charge in [-0.05, 0) is 60.9 Å². The van der Waals surface area contributed by atoms with Gasteiger partial charge < -0.3 is 4.74 Å². The van der Waals surface area contributed by atoms with Crippen molar-refractivity contribution >= 4 is 0 Å². The van der Waals surface area contributed by atoms with Crippen LogP contribution in [0, 0.1) is 5.92 Å². The Morgan fingerprint density at radius 1 is 1.14 bits per heavy atom. The molecule has 0 fully saturated rings. The molecule has 108 valence electrons. The SMILES string of the molecule is C=C(C)[C@H]1CCc2cc(OCc3ccccc3)ccc2C1. The van der Waals surface area contributed by atoms with Crippen LogP contribution in [0.2, 0.25) is 0 Å². The summed E-state index contributed by atoms with van der Waals surface area (Å²) in [7, 11) is 0. The molecule has 0 radical (unpaired) electrons. The van der Waals surface area contributed by atoms with E-state index in [1.165, 1.54) is 28.7 Å². The molecule has 1 heteroatoms. The van der Waals surface area contributed by atoms with Crippen molar-refractivity contribution in [3.8, 4) is 5.75 Å². The Morgan fingerprint density at radius 2 is 1.95 bits per heavy atom. The molecule has 0 saturated carbocycles. The Kier molecular flexibility index (Phi) is 4.10. The second-order valence-corrected chi connectivity index (χ2v) is 5.99. The molecule has 0 amide bonds. The van der Waals surface area contributed by atoms with Crippen LogP contribution in [-0.4, -0.2) is 0 Å². The second-order valence-electron chi connectivity index (χ2n) is 5.99. The van der Waals surface area contributed by atoms with Crippen molar-refractivity contribution in [2.24, 2.45) is 5.92 Å². The predicted octanol–water partition coefficient (Wildman–Crippen LogP) is 4.95. The molecule has 0 heterocycles. The molecule has 0 spiro atoms. The summed E-state index contributed by atoms with van der Waals surface area (Å²) in [5, 5.41) is 0. The summed E-state index contributed by atoms with van der Waals surface area (Å²) in [4.78, 5) is 0. The molecule has 0 bridgehead atoms. The van der Waals surface area contributed by atoms with Gasteiger partial charge in [0, 0.05) is 0 Å². The molecule has 0 aromatic heterocycles. The quantitative estimate of drug-likeness (QED) is 0.719. The van der Waals surface area contributed by atoms with E-state index in [9.17, 15) is 0 Å². The Balaban J connectivity index is 1.68. The molecule has 0 N–H and O–H groups in total. The van der Waals surface area contributed by atoms with Crippen LogP contribution in [0.3, 0.4) is 0 Å². The first-order chi connectivity index (χ1) is 10.2. The van der Waals surface area contributed by atoms with E-state index < -0.39 is 0 Å². The van der Waals surface area contributed by atoms with Crippen LogP contribution in [-0.2, 0) is 19.4 Å². The number of fused-ring (bicyclic) bond motifs is 1.